The molecule has 10 aromatic carbocycles. The number of alkyl halides is 2. The number of para-hydroxylation sites is 6. The van der Waals surface area contributed by atoms with E-state index in [1.807, 2.05) is 72.1 Å². The number of aldehydes is 1. The molecule has 0 spiro atoms. The molecule has 9 nitrogen and oxygen atoms in total. The number of hydrogen-bond acceptors (Lipinski definition) is 13. The van der Waals surface area contributed by atoms with Crippen molar-refractivity contribution in [2.45, 2.75) is 58.9 Å². The molecule has 10 heterocycles. The number of anilines is 9. The quantitative estimate of drug-likeness (QED) is 0.0258. The van der Waals surface area contributed by atoms with E-state index in [1.54, 1.807) is 30.4 Å². The van der Waals surface area contributed by atoms with Crippen LogP contribution in [0, 0.1) is 6.08 Å². The third-order valence-corrected chi connectivity index (χ3v) is 35.4. The van der Waals surface area contributed by atoms with Crippen molar-refractivity contribution in [2.75, 3.05) is 26.6 Å². The van der Waals surface area contributed by atoms with Crippen LogP contribution < -0.4 is 14.7 Å². The topological polar surface area (TPSA) is 115 Å². The van der Waals surface area contributed by atoms with E-state index in [2.05, 4.69) is 294 Å². The van der Waals surface area contributed by atoms with Gasteiger partial charge < -0.3 is 5.11 Å². The second-order valence-corrected chi connectivity index (χ2v) is 45.5. The molecule has 22 rings (SSSR count). The second-order valence-electron chi connectivity index (χ2n) is 25.2. The number of rotatable bonds is 5. The van der Waals surface area contributed by atoms with Crippen molar-refractivity contribution >= 4 is 283 Å². The number of ketones is 4. The van der Waals surface area contributed by atoms with Crippen LogP contribution in [0.3, 0.4) is 0 Å². The number of allylic oxidation sites excluding steroid dienone is 3. The molecular formula is C92H63Cl2IN3O6S4Se6+. The molecule has 0 amide bonds. The van der Waals surface area contributed by atoms with Gasteiger partial charge in [-0.15, -0.1) is 23.2 Å². The number of hydrogen-bond donors (Lipinski definition) is 1. The number of halogens is 3. The molecular weight excluding hydrogens is 2040 g/mol. The van der Waals surface area contributed by atoms with Crippen molar-refractivity contribution in [3.63, 3.8) is 0 Å². The zero-order chi connectivity index (χ0) is 78.6. The molecule has 0 fully saturated rings. The van der Waals surface area contributed by atoms with Gasteiger partial charge >= 0.3 is 612 Å². The van der Waals surface area contributed by atoms with E-state index in [9.17, 15) is 24.0 Å². The number of benzene rings is 10. The molecule has 0 atom stereocenters. The number of aliphatic hydroxyl groups is 1. The third kappa shape index (κ3) is 18.5. The summed E-state index contributed by atoms with van der Waals surface area (Å²) in [6, 6.07) is 92.7. The third-order valence-electron chi connectivity index (χ3n) is 18.2. The first-order chi connectivity index (χ1) is 55.9. The first-order valence-corrected chi connectivity index (χ1v) is 51.8. The zero-order valence-corrected chi connectivity index (χ0v) is 77.5. The molecule has 7 aliphatic rings. The predicted molar refractivity (Wildman–Crippen MR) is 488 cm³/mol. The van der Waals surface area contributed by atoms with Crippen molar-refractivity contribution in [3.8, 4) is 0 Å². The Kier molecular flexibility index (Phi) is 28.0. The molecule has 0 bridgehead atoms. The van der Waals surface area contributed by atoms with Crippen LogP contribution in [0.4, 0.5) is 47.8 Å². The fourth-order valence-corrected chi connectivity index (χ4v) is 28.0. The Labute approximate surface area is 738 Å². The summed E-state index contributed by atoms with van der Waals surface area (Å²) in [6.45, 7) is 1.93. The minimum Gasteiger partial charge on any atom is -0.0895 e. The van der Waals surface area contributed by atoms with Gasteiger partial charge in [-0.1, -0.05) is 48.2 Å². The molecule has 562 valence electrons. The van der Waals surface area contributed by atoms with Gasteiger partial charge in [0.25, 0.3) is 0 Å². The summed E-state index contributed by atoms with van der Waals surface area (Å²) in [5.41, 5.74) is 13.0. The van der Waals surface area contributed by atoms with E-state index < -0.39 is 0 Å². The molecule has 1 N–H and O–H groups in total. The van der Waals surface area contributed by atoms with Crippen molar-refractivity contribution < 1.29 is 29.1 Å². The van der Waals surface area contributed by atoms with Gasteiger partial charge in [0.15, 0.2) is 0 Å². The van der Waals surface area contributed by atoms with Crippen LogP contribution in [0.5, 0.6) is 0 Å². The summed E-state index contributed by atoms with van der Waals surface area (Å²) >= 11 is 20.9. The number of Topliss-reactive ketones (excluding diaryl/α,β-unsaturated/α-hetero) is 4. The largest absolute Gasteiger partial charge is 0.0895 e. The predicted octanol–water partition coefficient (Wildman–Crippen LogP) is 23.6. The molecule has 15 aromatic rings. The second kappa shape index (κ2) is 38.9. The maximum atomic E-state index is 13.2. The maximum Gasteiger partial charge on any atom is 0.0157 e. The Morgan fingerprint density at radius 2 is 0.798 bits per heavy atom. The van der Waals surface area contributed by atoms with Crippen LogP contribution >= 0.6 is 92.8 Å². The first-order valence-electron chi connectivity index (χ1n) is 35.6. The van der Waals surface area contributed by atoms with Crippen LogP contribution in [0.2, 0.25) is 0 Å². The molecule has 0 saturated heterocycles. The zero-order valence-electron chi connectivity index (χ0n) is 60.3. The van der Waals surface area contributed by atoms with Crippen LogP contribution in [0.1, 0.15) is 79.6 Å². The van der Waals surface area contributed by atoms with Crippen molar-refractivity contribution in [1.29, 1.82) is 0 Å². The van der Waals surface area contributed by atoms with Gasteiger partial charge in [0.2, 0.25) is 0 Å². The minimum atomic E-state index is -0.147. The van der Waals surface area contributed by atoms with Gasteiger partial charge in [0, 0.05) is 16.4 Å². The molecule has 114 heavy (non-hydrogen) atoms. The SMILES string of the molecule is CCO.ClCCl.IC1=[C+]C=C[Se]1.O=C1/C(=C\c2ccc(N3c4ccccc4Sc4ccccc43)[se]2)C(=O)c2cc3[se]ccc3cc21.O=C1CC(=O)c2cc3[se]ccc3cc21.O=Cc1ccc(N2c3ccccc3Sc3ccccc32)[se]1.c1c[se]c(N2c3ccccc3Sc3ccccc32)c1.c1ccc2c(c1)Cc1ccccc1S2. The van der Waals surface area contributed by atoms with E-state index in [0.29, 0.717) is 71.8 Å². The Morgan fingerprint density at radius 3 is 1.19 bits per heavy atom. The number of nitrogens with zero attached hydrogens (tertiary/aromatic N) is 3. The van der Waals surface area contributed by atoms with E-state index in [1.165, 1.54) is 109 Å². The fraction of sp³-hybridized carbons (Fsp3) is 0.0543. The summed E-state index contributed by atoms with van der Waals surface area (Å²) in [7, 11) is 0. The molecule has 0 unspecified atom stereocenters. The molecule has 5 aliphatic heterocycles. The first kappa shape index (κ1) is 81.9. The van der Waals surface area contributed by atoms with Gasteiger partial charge in [-0.05, 0) is 36.6 Å². The van der Waals surface area contributed by atoms with Gasteiger partial charge in [0.1, 0.15) is 0 Å². The number of carbonyl (C=O) groups is 5. The van der Waals surface area contributed by atoms with Gasteiger partial charge in [0.05, 0.1) is 5.34 Å². The summed E-state index contributed by atoms with van der Waals surface area (Å²) in [5, 5.41) is 9.96. The molecule has 0 radical (unpaired) electrons. The van der Waals surface area contributed by atoms with Crippen LogP contribution in [0.15, 0.2) is 340 Å². The molecule has 5 aromatic heterocycles. The number of carbonyl (C=O) groups excluding carboxylic acids is 5. The monoisotopic (exact) mass is 2110 g/mol. The van der Waals surface area contributed by atoms with Gasteiger partial charge in [-0.2, -0.15) is 0 Å². The van der Waals surface area contributed by atoms with Crippen LogP contribution in [-0.4, -0.2) is 134 Å². The molecule has 22 heteroatoms. The minimum absolute atomic E-state index is 0.0181. The maximum absolute atomic E-state index is 13.2. The molecule has 2 aliphatic carbocycles. The Hall–Kier alpha value is -7.21. The van der Waals surface area contributed by atoms with E-state index in [4.69, 9.17) is 28.3 Å². The Morgan fingerprint density at radius 1 is 0.430 bits per heavy atom. The summed E-state index contributed by atoms with van der Waals surface area (Å²) in [4.78, 5) is 86.4. The Balaban J connectivity index is 0.000000112. The number of aliphatic hydroxyl groups excluding tert-OH is 1. The molecule has 0 saturated carbocycles. The van der Waals surface area contributed by atoms with Gasteiger partial charge in [-0.25, -0.2) is 0 Å². The van der Waals surface area contributed by atoms with E-state index >= 15 is 0 Å². The summed E-state index contributed by atoms with van der Waals surface area (Å²) < 4.78 is 9.53. The number of fused-ring (bicyclic) bond motifs is 12. The van der Waals surface area contributed by atoms with Gasteiger partial charge in [-0.3, -0.25) is 0 Å². The standard InChI is InChI=1S/C28H15NO2SSe2.C17H11NOSSe.C16H11NSSe.C13H10S.C11H6O2Se.C4H2ISe.C2H6O.CH2Cl2/c30-27-18-13-16-11-12-33-25(16)15-19(18)28(31)20(27)14-17-9-10-26(34-17)29-21-5-1-3-7-23(21)32-24-8-4-2-6-22(24)29;19-11-12-9-10-17(21-12)18-13-5-1-3-7-15(13)20-16-8-4-2-6-14(16)18;1-3-8-14-12(6-1)17(16-10-5-11-19-16)13-7-2-4-9-15(13)18-14;1-3-7-12-10(5-1)9-11-6-2-4-8-13(11)14-12;12-9-5-10(13)8-4-11-6(1-2-14-11)3-7(8)9;5-4-2-1-3-6-4;1-2-3;2-1-3/h1-15H;1-11H;1-11H;1-8H,9H2;1-4H,5H2;1,3H;3H,2H2,1H3;1H2/q;;;;;+1;;/b20-14+;;;;;;;. The van der Waals surface area contributed by atoms with Crippen molar-refractivity contribution in [1.82, 2.24) is 0 Å². The van der Waals surface area contributed by atoms with Crippen LogP contribution in [0.25, 0.3) is 25.4 Å². The fourth-order valence-electron chi connectivity index (χ4n) is 13.2. The normalized spacial score (nSPS) is 13.9. The van der Waals surface area contributed by atoms with Crippen LogP contribution in [-0.2, 0) is 6.42 Å². The smallest absolute Gasteiger partial charge is 0.0157 e. The summed E-state index contributed by atoms with van der Waals surface area (Å²) in [6.07, 6.45) is 9.01. The van der Waals surface area contributed by atoms with E-state index in [-0.39, 0.29) is 85.0 Å². The average Bonchev–Trinajstić information content (AvgIpc) is 1.67. The van der Waals surface area contributed by atoms with Crippen molar-refractivity contribution in [2.24, 2.45) is 0 Å². The van der Waals surface area contributed by atoms with E-state index in [0.717, 1.165) is 32.4 Å². The Bertz CT molecular complexity index is 5890. The summed E-state index contributed by atoms with van der Waals surface area (Å²) in [5.74, 6) is -0.331. The average molecular weight is 2110 g/mol. The van der Waals surface area contributed by atoms with Crippen molar-refractivity contribution in [3.05, 3.63) is 349 Å².